The summed E-state index contributed by atoms with van der Waals surface area (Å²) in [5.41, 5.74) is 6.23. The molecule has 0 radical (unpaired) electrons. The minimum Gasteiger partial charge on any atom is -0.338 e. The number of halogens is 2. The number of likely N-dealkylation sites (tertiary alicyclic amines) is 1. The fourth-order valence-corrected chi connectivity index (χ4v) is 2.68. The predicted molar refractivity (Wildman–Crippen MR) is 73.1 cm³/mol. The van der Waals surface area contributed by atoms with Crippen molar-refractivity contribution in [2.24, 2.45) is 5.73 Å². The monoisotopic (exact) mass is 282 g/mol. The number of carbonyl (C=O) groups excluding carboxylic acids is 1. The second-order valence-corrected chi connectivity index (χ2v) is 5.25. The number of rotatable bonds is 3. The zero-order valence-corrected chi connectivity index (χ0v) is 11.4. The maximum atomic E-state index is 13.2. The molecule has 20 heavy (non-hydrogen) atoms. The summed E-state index contributed by atoms with van der Waals surface area (Å²) in [6, 6.07) is 3.66. The number of benzene rings is 1. The molecule has 0 bridgehead atoms. The summed E-state index contributed by atoms with van der Waals surface area (Å²) >= 11 is 0. The van der Waals surface area contributed by atoms with E-state index in [0.717, 1.165) is 37.8 Å². The Labute approximate surface area is 117 Å². The molecule has 1 fully saturated rings. The Morgan fingerprint density at radius 1 is 1.25 bits per heavy atom. The molecule has 1 unspecified atom stereocenters. The molecule has 1 aromatic carbocycles. The lowest BCUT2D eigenvalue weighted by Gasteiger charge is -2.29. The van der Waals surface area contributed by atoms with Crippen LogP contribution in [0.25, 0.3) is 0 Å². The SMILES string of the molecule is NCC1CCCCCN1C(=O)Cc1ccc(F)c(F)c1. The van der Waals surface area contributed by atoms with Crippen LogP contribution in [0.3, 0.4) is 0 Å². The van der Waals surface area contributed by atoms with Crippen LogP contribution in [0.1, 0.15) is 31.2 Å². The van der Waals surface area contributed by atoms with Gasteiger partial charge in [-0.2, -0.15) is 0 Å². The minimum absolute atomic E-state index is 0.0617. The normalized spacial score (nSPS) is 19.8. The summed E-state index contributed by atoms with van der Waals surface area (Å²) in [6.45, 7) is 1.15. The second-order valence-electron chi connectivity index (χ2n) is 5.25. The fraction of sp³-hybridized carbons (Fsp3) is 0.533. The molecule has 2 N–H and O–H groups in total. The second kappa shape index (κ2) is 6.79. The Balaban J connectivity index is 2.07. The molecule has 1 aliphatic heterocycles. The van der Waals surface area contributed by atoms with Crippen molar-refractivity contribution >= 4 is 5.91 Å². The first kappa shape index (κ1) is 14.9. The van der Waals surface area contributed by atoms with Crippen molar-refractivity contribution < 1.29 is 13.6 Å². The summed E-state index contributed by atoms with van der Waals surface area (Å²) < 4.78 is 26.0. The van der Waals surface area contributed by atoms with Gasteiger partial charge in [-0.1, -0.05) is 18.9 Å². The predicted octanol–water partition coefficient (Wildman–Crippen LogP) is 2.24. The Bertz CT molecular complexity index is 479. The molecule has 0 aliphatic carbocycles. The van der Waals surface area contributed by atoms with Gasteiger partial charge in [-0.25, -0.2) is 8.78 Å². The summed E-state index contributed by atoms with van der Waals surface area (Å²) in [7, 11) is 0. The Hall–Kier alpha value is -1.49. The zero-order chi connectivity index (χ0) is 14.5. The van der Waals surface area contributed by atoms with Gasteiger partial charge >= 0.3 is 0 Å². The fourth-order valence-electron chi connectivity index (χ4n) is 2.68. The quantitative estimate of drug-likeness (QED) is 0.924. The Morgan fingerprint density at radius 2 is 2.05 bits per heavy atom. The van der Waals surface area contributed by atoms with Crippen molar-refractivity contribution in [2.75, 3.05) is 13.1 Å². The minimum atomic E-state index is -0.915. The summed E-state index contributed by atoms with van der Waals surface area (Å²) in [5.74, 6) is -1.87. The van der Waals surface area contributed by atoms with Crippen molar-refractivity contribution in [3.05, 3.63) is 35.4 Å². The van der Waals surface area contributed by atoms with E-state index >= 15 is 0 Å². The molecule has 1 amide bonds. The highest BCUT2D eigenvalue weighted by Gasteiger charge is 2.24. The first-order valence-corrected chi connectivity index (χ1v) is 7.05. The number of hydrogen-bond acceptors (Lipinski definition) is 2. The first-order valence-electron chi connectivity index (χ1n) is 7.05. The van der Waals surface area contributed by atoms with Gasteiger partial charge in [0.05, 0.1) is 6.42 Å². The maximum absolute atomic E-state index is 13.2. The Morgan fingerprint density at radius 3 is 2.75 bits per heavy atom. The number of nitrogens with two attached hydrogens (primary N) is 1. The summed E-state index contributed by atoms with van der Waals surface area (Å²) in [6.07, 6.45) is 4.16. The molecule has 1 aliphatic rings. The lowest BCUT2D eigenvalue weighted by atomic mass is 10.1. The van der Waals surface area contributed by atoms with Gasteiger partial charge in [0.15, 0.2) is 11.6 Å². The standard InChI is InChI=1S/C15H20F2N2O/c16-13-6-5-11(8-14(13)17)9-15(20)19-7-3-1-2-4-12(19)10-18/h5-6,8,12H,1-4,7,9-10,18H2. The van der Waals surface area contributed by atoms with Crippen molar-refractivity contribution in [1.82, 2.24) is 4.90 Å². The molecule has 0 spiro atoms. The molecule has 5 heteroatoms. The van der Waals surface area contributed by atoms with Gasteiger partial charge < -0.3 is 10.6 Å². The van der Waals surface area contributed by atoms with Crippen LogP contribution >= 0.6 is 0 Å². The van der Waals surface area contributed by atoms with E-state index in [9.17, 15) is 13.6 Å². The highest BCUT2D eigenvalue weighted by Crippen LogP contribution is 2.18. The van der Waals surface area contributed by atoms with Gasteiger partial charge in [0.1, 0.15) is 0 Å². The Kier molecular flexibility index (Phi) is 5.06. The molecule has 1 atom stereocenters. The molecule has 0 aromatic heterocycles. The average Bonchev–Trinajstić information content (AvgIpc) is 2.68. The van der Waals surface area contributed by atoms with Crippen LogP contribution in [0.15, 0.2) is 18.2 Å². The molecule has 3 nitrogen and oxygen atoms in total. The van der Waals surface area contributed by atoms with E-state index in [4.69, 9.17) is 5.73 Å². The first-order chi connectivity index (χ1) is 9.61. The largest absolute Gasteiger partial charge is 0.338 e. The van der Waals surface area contributed by atoms with Crippen LogP contribution in [0.2, 0.25) is 0 Å². The molecule has 110 valence electrons. The maximum Gasteiger partial charge on any atom is 0.227 e. The van der Waals surface area contributed by atoms with E-state index in [1.165, 1.54) is 6.07 Å². The van der Waals surface area contributed by atoms with Crippen molar-refractivity contribution in [1.29, 1.82) is 0 Å². The van der Waals surface area contributed by atoms with Gasteiger partial charge in [-0.15, -0.1) is 0 Å². The van der Waals surface area contributed by atoms with Gasteiger partial charge in [0.25, 0.3) is 0 Å². The van der Waals surface area contributed by atoms with E-state index in [1.54, 1.807) is 4.90 Å². The van der Waals surface area contributed by atoms with Gasteiger partial charge in [0.2, 0.25) is 5.91 Å². The highest BCUT2D eigenvalue weighted by molar-refractivity contribution is 5.79. The van der Waals surface area contributed by atoms with Crippen LogP contribution < -0.4 is 5.73 Å². The molecule has 2 rings (SSSR count). The summed E-state index contributed by atoms with van der Waals surface area (Å²) in [5, 5.41) is 0. The van der Waals surface area contributed by atoms with Gasteiger partial charge in [-0.05, 0) is 30.5 Å². The molecule has 1 aromatic rings. The zero-order valence-electron chi connectivity index (χ0n) is 11.4. The smallest absolute Gasteiger partial charge is 0.227 e. The lowest BCUT2D eigenvalue weighted by molar-refractivity contribution is -0.132. The molecule has 1 saturated heterocycles. The third-order valence-electron chi connectivity index (χ3n) is 3.81. The van der Waals surface area contributed by atoms with Crippen molar-refractivity contribution in [2.45, 2.75) is 38.1 Å². The van der Waals surface area contributed by atoms with E-state index in [1.807, 2.05) is 0 Å². The van der Waals surface area contributed by atoms with Crippen LogP contribution in [-0.2, 0) is 11.2 Å². The van der Waals surface area contributed by atoms with Crippen LogP contribution in [-0.4, -0.2) is 29.9 Å². The van der Waals surface area contributed by atoms with Crippen LogP contribution in [0.4, 0.5) is 8.78 Å². The topological polar surface area (TPSA) is 46.3 Å². The molecule has 1 heterocycles. The van der Waals surface area contributed by atoms with Crippen LogP contribution in [0, 0.1) is 11.6 Å². The van der Waals surface area contributed by atoms with Crippen LogP contribution in [0.5, 0.6) is 0 Å². The number of amides is 1. The van der Waals surface area contributed by atoms with E-state index < -0.39 is 11.6 Å². The van der Waals surface area contributed by atoms with Crippen molar-refractivity contribution in [3.63, 3.8) is 0 Å². The van der Waals surface area contributed by atoms with Gasteiger partial charge in [0, 0.05) is 19.1 Å². The third-order valence-corrected chi connectivity index (χ3v) is 3.81. The van der Waals surface area contributed by atoms with Gasteiger partial charge in [-0.3, -0.25) is 4.79 Å². The summed E-state index contributed by atoms with van der Waals surface area (Å²) in [4.78, 5) is 14.1. The number of nitrogens with zero attached hydrogens (tertiary/aromatic N) is 1. The average molecular weight is 282 g/mol. The van der Waals surface area contributed by atoms with E-state index in [0.29, 0.717) is 18.7 Å². The molecular formula is C15H20F2N2O. The number of hydrogen-bond donors (Lipinski definition) is 1. The molecular weight excluding hydrogens is 262 g/mol. The highest BCUT2D eigenvalue weighted by atomic mass is 19.2. The third kappa shape index (κ3) is 3.54. The lowest BCUT2D eigenvalue weighted by Crippen LogP contribution is -2.44. The van der Waals surface area contributed by atoms with E-state index in [-0.39, 0.29) is 18.4 Å². The van der Waals surface area contributed by atoms with Crippen molar-refractivity contribution in [3.8, 4) is 0 Å². The number of carbonyl (C=O) groups is 1. The molecule has 0 saturated carbocycles. The van der Waals surface area contributed by atoms with E-state index in [2.05, 4.69) is 0 Å².